The second kappa shape index (κ2) is 5.50. The minimum atomic E-state index is -2.44. The number of hydrogen-bond donors (Lipinski definition) is 1. The topological polar surface area (TPSA) is 37.3 Å². The van der Waals surface area contributed by atoms with Crippen molar-refractivity contribution in [1.29, 1.82) is 0 Å². The maximum Gasteiger partial charge on any atom is 0.328 e. The number of hydrogen-bond acceptors (Lipinski definition) is 2. The molecule has 1 aromatic rings. The molecular weight excluding hydrogens is 222 g/mol. The summed E-state index contributed by atoms with van der Waals surface area (Å²) in [4.78, 5) is 10.7. The van der Waals surface area contributed by atoms with E-state index >= 15 is 0 Å². The van der Waals surface area contributed by atoms with Gasteiger partial charge in [-0.05, 0) is 23.8 Å². The van der Waals surface area contributed by atoms with Gasteiger partial charge in [0, 0.05) is 11.0 Å². The Morgan fingerprint density at radius 3 is 2.40 bits per heavy atom. The number of benzene rings is 1. The van der Waals surface area contributed by atoms with Crippen LogP contribution >= 0.6 is 11.8 Å². The normalized spacial score (nSPS) is 11.1. The van der Waals surface area contributed by atoms with E-state index in [4.69, 9.17) is 5.11 Å². The minimum absolute atomic E-state index is 0.456. The molecule has 0 aromatic heterocycles. The van der Waals surface area contributed by atoms with E-state index in [-0.39, 0.29) is 0 Å². The molecular formula is C10H8F2O2S. The number of carboxylic acids is 1. The Labute approximate surface area is 89.6 Å². The molecule has 0 aliphatic heterocycles. The van der Waals surface area contributed by atoms with Crippen LogP contribution in [0, 0.1) is 0 Å². The molecule has 1 N–H and O–H groups in total. The van der Waals surface area contributed by atoms with Gasteiger partial charge in [-0.1, -0.05) is 23.9 Å². The fourth-order valence-electron chi connectivity index (χ4n) is 0.928. The molecule has 0 amide bonds. The summed E-state index contributed by atoms with van der Waals surface area (Å²) in [6.07, 6.45) is 2.40. The Kier molecular flexibility index (Phi) is 4.30. The molecule has 0 saturated heterocycles. The van der Waals surface area contributed by atoms with Crippen molar-refractivity contribution in [3.63, 3.8) is 0 Å². The molecule has 5 heteroatoms. The first kappa shape index (κ1) is 11.7. The quantitative estimate of drug-likeness (QED) is 0.638. The summed E-state index contributed by atoms with van der Waals surface area (Å²) in [6.45, 7) is 0. The first-order valence-electron chi connectivity index (χ1n) is 4.04. The Hall–Kier alpha value is -1.36. The van der Waals surface area contributed by atoms with Gasteiger partial charge >= 0.3 is 5.97 Å². The zero-order valence-corrected chi connectivity index (χ0v) is 8.38. The Balaban J connectivity index is 2.68. The highest BCUT2D eigenvalue weighted by Gasteiger charge is 2.03. The van der Waals surface area contributed by atoms with Crippen LogP contribution in [0.3, 0.4) is 0 Å². The molecule has 0 saturated carbocycles. The van der Waals surface area contributed by atoms with Crippen LogP contribution in [0.4, 0.5) is 8.78 Å². The van der Waals surface area contributed by atoms with Crippen molar-refractivity contribution in [3.05, 3.63) is 35.9 Å². The van der Waals surface area contributed by atoms with E-state index in [0.717, 1.165) is 6.08 Å². The number of carbonyl (C=O) groups is 1. The number of halogens is 2. The van der Waals surface area contributed by atoms with E-state index in [2.05, 4.69) is 0 Å². The smallest absolute Gasteiger partial charge is 0.328 e. The molecule has 15 heavy (non-hydrogen) atoms. The van der Waals surface area contributed by atoms with E-state index in [0.29, 0.717) is 22.2 Å². The van der Waals surface area contributed by atoms with Gasteiger partial charge in [-0.3, -0.25) is 0 Å². The third-order valence-electron chi connectivity index (χ3n) is 1.52. The van der Waals surface area contributed by atoms with Gasteiger partial charge in [0.25, 0.3) is 5.76 Å². The molecule has 1 rings (SSSR count). The molecule has 1 aromatic carbocycles. The SMILES string of the molecule is O=C(O)/C=C\c1ccc(SC(F)F)cc1. The molecule has 0 heterocycles. The summed E-state index contributed by atoms with van der Waals surface area (Å²) >= 11 is 0.458. The molecule has 0 spiro atoms. The Morgan fingerprint density at radius 1 is 1.33 bits per heavy atom. The van der Waals surface area contributed by atoms with Gasteiger partial charge in [-0.25, -0.2) is 4.79 Å². The van der Waals surface area contributed by atoms with E-state index < -0.39 is 11.7 Å². The first-order chi connectivity index (χ1) is 7.08. The molecule has 0 radical (unpaired) electrons. The third-order valence-corrected chi connectivity index (χ3v) is 2.25. The number of aliphatic carboxylic acids is 1. The highest BCUT2D eigenvalue weighted by atomic mass is 32.2. The van der Waals surface area contributed by atoms with Crippen LogP contribution in [0.2, 0.25) is 0 Å². The molecule has 0 bridgehead atoms. The molecule has 0 aliphatic carbocycles. The van der Waals surface area contributed by atoms with Crippen LogP contribution in [0.15, 0.2) is 35.2 Å². The summed E-state index contributed by atoms with van der Waals surface area (Å²) in [5.74, 6) is -3.48. The average Bonchev–Trinajstić information content (AvgIpc) is 2.16. The van der Waals surface area contributed by atoms with Gasteiger partial charge in [0.05, 0.1) is 0 Å². The summed E-state index contributed by atoms with van der Waals surface area (Å²) in [7, 11) is 0. The van der Waals surface area contributed by atoms with Crippen LogP contribution in [0.1, 0.15) is 5.56 Å². The maximum absolute atomic E-state index is 11.9. The summed E-state index contributed by atoms with van der Waals surface area (Å²) in [5, 5.41) is 8.36. The Morgan fingerprint density at radius 2 is 1.93 bits per heavy atom. The molecule has 0 fully saturated rings. The van der Waals surface area contributed by atoms with E-state index in [1.807, 2.05) is 0 Å². The van der Waals surface area contributed by atoms with Gasteiger partial charge < -0.3 is 5.11 Å². The summed E-state index contributed by atoms with van der Waals surface area (Å²) < 4.78 is 23.9. The molecule has 0 aliphatic rings. The number of thioether (sulfide) groups is 1. The van der Waals surface area contributed by atoms with Gasteiger partial charge in [-0.15, -0.1) is 0 Å². The monoisotopic (exact) mass is 230 g/mol. The molecule has 0 unspecified atom stereocenters. The second-order valence-electron chi connectivity index (χ2n) is 2.62. The van der Waals surface area contributed by atoms with Crippen LogP contribution < -0.4 is 0 Å². The van der Waals surface area contributed by atoms with Crippen molar-refractivity contribution in [1.82, 2.24) is 0 Å². The van der Waals surface area contributed by atoms with Gasteiger partial charge in [-0.2, -0.15) is 8.78 Å². The van der Waals surface area contributed by atoms with E-state index in [9.17, 15) is 13.6 Å². The van der Waals surface area contributed by atoms with Gasteiger partial charge in [0.1, 0.15) is 0 Å². The number of carboxylic acid groups (broad SMARTS) is 1. The van der Waals surface area contributed by atoms with E-state index in [1.54, 1.807) is 12.1 Å². The van der Waals surface area contributed by atoms with Crippen molar-refractivity contribution in [2.45, 2.75) is 10.7 Å². The van der Waals surface area contributed by atoms with Gasteiger partial charge in [0.15, 0.2) is 0 Å². The first-order valence-corrected chi connectivity index (χ1v) is 4.92. The van der Waals surface area contributed by atoms with Crippen molar-refractivity contribution >= 4 is 23.8 Å². The minimum Gasteiger partial charge on any atom is -0.478 e. The number of rotatable bonds is 4. The largest absolute Gasteiger partial charge is 0.478 e. The van der Waals surface area contributed by atoms with Crippen LogP contribution in [0.5, 0.6) is 0 Å². The third kappa shape index (κ3) is 4.60. The van der Waals surface area contributed by atoms with Crippen LogP contribution in [0.25, 0.3) is 6.08 Å². The Bertz CT molecular complexity index is 360. The highest BCUT2D eigenvalue weighted by Crippen LogP contribution is 2.25. The van der Waals surface area contributed by atoms with Crippen molar-refractivity contribution in [2.24, 2.45) is 0 Å². The van der Waals surface area contributed by atoms with E-state index in [1.165, 1.54) is 18.2 Å². The summed E-state index contributed by atoms with van der Waals surface area (Å²) in [6, 6.07) is 6.23. The predicted molar refractivity (Wildman–Crippen MR) is 55.0 cm³/mol. The standard InChI is InChI=1S/C10H8F2O2S/c11-10(12)15-8-4-1-7(2-5-8)3-6-9(13)14/h1-6,10H,(H,13,14)/b6-3-. The predicted octanol–water partition coefficient (Wildman–Crippen LogP) is 3.10. The lowest BCUT2D eigenvalue weighted by atomic mass is 10.2. The lowest BCUT2D eigenvalue weighted by molar-refractivity contribution is -0.131. The van der Waals surface area contributed by atoms with Gasteiger partial charge in [0.2, 0.25) is 0 Å². The average molecular weight is 230 g/mol. The molecule has 2 nitrogen and oxygen atoms in total. The summed E-state index contributed by atoms with van der Waals surface area (Å²) in [5.41, 5.74) is 0.663. The zero-order chi connectivity index (χ0) is 11.3. The zero-order valence-electron chi connectivity index (χ0n) is 7.56. The fraction of sp³-hybridized carbons (Fsp3) is 0.100. The molecule has 80 valence electrons. The van der Waals surface area contributed by atoms with Crippen molar-refractivity contribution < 1.29 is 18.7 Å². The van der Waals surface area contributed by atoms with Crippen molar-refractivity contribution in [3.8, 4) is 0 Å². The second-order valence-corrected chi connectivity index (χ2v) is 3.68. The molecule has 0 atom stereocenters. The fourth-order valence-corrected chi connectivity index (χ4v) is 1.43. The van der Waals surface area contributed by atoms with Crippen LogP contribution in [-0.2, 0) is 4.79 Å². The number of alkyl halides is 2. The lowest BCUT2D eigenvalue weighted by Crippen LogP contribution is -1.86. The van der Waals surface area contributed by atoms with Crippen LogP contribution in [-0.4, -0.2) is 16.8 Å². The highest BCUT2D eigenvalue weighted by molar-refractivity contribution is 7.99. The van der Waals surface area contributed by atoms with Crippen molar-refractivity contribution in [2.75, 3.05) is 0 Å². The maximum atomic E-state index is 11.9. The lowest BCUT2D eigenvalue weighted by Gasteiger charge is -1.99.